The van der Waals surface area contributed by atoms with Crippen LogP contribution in [0.4, 0.5) is 10.5 Å². The maximum Gasteiger partial charge on any atom is 0.325 e. The molecule has 2 aromatic rings. The quantitative estimate of drug-likeness (QED) is 0.672. The Kier molecular flexibility index (Phi) is 5.97. The van der Waals surface area contributed by atoms with E-state index in [0.29, 0.717) is 12.1 Å². The Balaban J connectivity index is 1.71. The lowest BCUT2D eigenvalue weighted by molar-refractivity contribution is -0.120. The SMILES string of the molecule is Cc1cc(NC(=O)NC(=O)C(N)C#N)cc(Br)c1Cc1ccc2c(c1)OCC2. The van der Waals surface area contributed by atoms with Crippen LogP contribution in [-0.4, -0.2) is 24.6 Å². The number of urea groups is 1. The molecule has 144 valence electrons. The Hall–Kier alpha value is -2.89. The molecule has 8 heteroatoms. The third-order valence-corrected chi connectivity index (χ3v) is 5.18. The summed E-state index contributed by atoms with van der Waals surface area (Å²) in [6.07, 6.45) is 1.66. The monoisotopic (exact) mass is 442 g/mol. The Labute approximate surface area is 171 Å². The molecule has 3 amide bonds. The van der Waals surface area contributed by atoms with E-state index in [0.717, 1.165) is 39.9 Å². The smallest absolute Gasteiger partial charge is 0.325 e. The van der Waals surface area contributed by atoms with Gasteiger partial charge in [0, 0.05) is 16.6 Å². The molecule has 1 atom stereocenters. The number of fused-ring (bicyclic) bond motifs is 1. The minimum atomic E-state index is -1.39. The summed E-state index contributed by atoms with van der Waals surface area (Å²) in [5, 5.41) is 13.2. The summed E-state index contributed by atoms with van der Waals surface area (Å²) in [4.78, 5) is 23.4. The second kappa shape index (κ2) is 8.42. The number of nitrogens with one attached hydrogen (secondary N) is 2. The van der Waals surface area contributed by atoms with E-state index < -0.39 is 18.0 Å². The van der Waals surface area contributed by atoms with Gasteiger partial charge in [-0.3, -0.25) is 10.1 Å². The van der Waals surface area contributed by atoms with Gasteiger partial charge in [-0.15, -0.1) is 0 Å². The highest BCUT2D eigenvalue weighted by molar-refractivity contribution is 9.10. The van der Waals surface area contributed by atoms with Crippen molar-refractivity contribution in [1.29, 1.82) is 5.26 Å². The highest BCUT2D eigenvalue weighted by atomic mass is 79.9. The van der Waals surface area contributed by atoms with Gasteiger partial charge >= 0.3 is 6.03 Å². The van der Waals surface area contributed by atoms with Crippen LogP contribution in [0.3, 0.4) is 0 Å². The van der Waals surface area contributed by atoms with Crippen molar-refractivity contribution >= 4 is 33.6 Å². The number of nitrogens with two attached hydrogens (primary N) is 1. The fraction of sp³-hybridized carbons (Fsp3) is 0.250. The number of amides is 3. The van der Waals surface area contributed by atoms with Gasteiger partial charge in [-0.05, 0) is 53.8 Å². The van der Waals surface area contributed by atoms with E-state index in [9.17, 15) is 9.59 Å². The van der Waals surface area contributed by atoms with E-state index in [1.165, 1.54) is 5.56 Å². The summed E-state index contributed by atoms with van der Waals surface area (Å²) < 4.78 is 6.47. The summed E-state index contributed by atoms with van der Waals surface area (Å²) in [6, 6.07) is 9.28. The molecule has 3 rings (SSSR count). The van der Waals surface area contributed by atoms with Crippen LogP contribution in [0.15, 0.2) is 34.8 Å². The number of aryl methyl sites for hydroxylation is 1. The van der Waals surface area contributed by atoms with Gasteiger partial charge in [-0.1, -0.05) is 28.1 Å². The molecule has 0 saturated heterocycles. The lowest BCUT2D eigenvalue weighted by Gasteiger charge is -2.14. The van der Waals surface area contributed by atoms with E-state index in [4.69, 9.17) is 15.7 Å². The van der Waals surface area contributed by atoms with Crippen LogP contribution < -0.4 is 21.1 Å². The average Bonchev–Trinajstić information content (AvgIpc) is 3.11. The summed E-state index contributed by atoms with van der Waals surface area (Å²) in [5.74, 6) is 0.0905. The molecule has 2 aromatic carbocycles. The molecule has 0 saturated carbocycles. The number of rotatable bonds is 4. The van der Waals surface area contributed by atoms with Crippen LogP contribution in [0.25, 0.3) is 0 Å². The number of hydrogen-bond donors (Lipinski definition) is 3. The number of benzene rings is 2. The summed E-state index contributed by atoms with van der Waals surface area (Å²) in [5.41, 5.74) is 10.2. The lowest BCUT2D eigenvalue weighted by atomic mass is 9.98. The van der Waals surface area contributed by atoms with Crippen molar-refractivity contribution in [2.45, 2.75) is 25.8 Å². The van der Waals surface area contributed by atoms with E-state index in [-0.39, 0.29) is 0 Å². The minimum Gasteiger partial charge on any atom is -0.493 e. The fourth-order valence-corrected chi connectivity index (χ4v) is 3.71. The highest BCUT2D eigenvalue weighted by Gasteiger charge is 2.17. The third kappa shape index (κ3) is 4.50. The van der Waals surface area contributed by atoms with Crippen molar-refractivity contribution in [3.63, 3.8) is 0 Å². The molecule has 0 aliphatic carbocycles. The van der Waals surface area contributed by atoms with Crippen molar-refractivity contribution in [2.75, 3.05) is 11.9 Å². The maximum atomic E-state index is 11.9. The molecule has 1 aliphatic heterocycles. The van der Waals surface area contributed by atoms with Crippen molar-refractivity contribution in [1.82, 2.24) is 5.32 Å². The average molecular weight is 443 g/mol. The van der Waals surface area contributed by atoms with Gasteiger partial charge in [0.15, 0.2) is 6.04 Å². The number of carbonyl (C=O) groups is 2. The Morgan fingerprint density at radius 1 is 1.36 bits per heavy atom. The first-order valence-corrected chi connectivity index (χ1v) is 9.47. The van der Waals surface area contributed by atoms with Crippen molar-refractivity contribution < 1.29 is 14.3 Å². The molecule has 0 aromatic heterocycles. The van der Waals surface area contributed by atoms with Crippen LogP contribution >= 0.6 is 15.9 Å². The number of halogens is 1. The van der Waals surface area contributed by atoms with E-state index >= 15 is 0 Å². The molecule has 0 fully saturated rings. The zero-order valence-corrected chi connectivity index (χ0v) is 16.8. The van der Waals surface area contributed by atoms with Crippen molar-refractivity contribution in [2.24, 2.45) is 5.73 Å². The normalized spacial score (nSPS) is 13.1. The van der Waals surface area contributed by atoms with Gasteiger partial charge in [-0.25, -0.2) is 4.79 Å². The third-order valence-electron chi connectivity index (χ3n) is 4.48. The van der Waals surface area contributed by atoms with Crippen molar-refractivity contribution in [3.8, 4) is 11.8 Å². The number of anilines is 1. The first-order chi connectivity index (χ1) is 13.4. The number of carbonyl (C=O) groups excluding carboxylic acids is 2. The zero-order valence-electron chi connectivity index (χ0n) is 15.2. The van der Waals surface area contributed by atoms with Crippen LogP contribution in [-0.2, 0) is 17.6 Å². The molecule has 1 heterocycles. The van der Waals surface area contributed by atoms with E-state index in [1.807, 2.05) is 18.3 Å². The van der Waals surface area contributed by atoms with Gasteiger partial charge < -0.3 is 15.8 Å². The molecular formula is C20H19BrN4O3. The largest absolute Gasteiger partial charge is 0.493 e. The fourth-order valence-electron chi connectivity index (χ4n) is 3.01. The summed E-state index contributed by atoms with van der Waals surface area (Å²) in [6.45, 7) is 2.68. The zero-order chi connectivity index (χ0) is 20.3. The van der Waals surface area contributed by atoms with Gasteiger partial charge in [0.05, 0.1) is 12.7 Å². The van der Waals surface area contributed by atoms with E-state index in [2.05, 4.69) is 39.4 Å². The highest BCUT2D eigenvalue weighted by Crippen LogP contribution is 2.31. The molecule has 1 unspecified atom stereocenters. The Morgan fingerprint density at radius 2 is 2.14 bits per heavy atom. The van der Waals surface area contributed by atoms with Crippen LogP contribution in [0.1, 0.15) is 22.3 Å². The molecular weight excluding hydrogens is 424 g/mol. The predicted molar refractivity (Wildman–Crippen MR) is 108 cm³/mol. The molecule has 0 spiro atoms. The van der Waals surface area contributed by atoms with Gasteiger partial charge in [0.1, 0.15) is 5.75 Å². The summed E-state index contributed by atoms with van der Waals surface area (Å²) >= 11 is 3.56. The molecule has 7 nitrogen and oxygen atoms in total. The molecule has 1 aliphatic rings. The number of nitriles is 1. The summed E-state index contributed by atoms with van der Waals surface area (Å²) in [7, 11) is 0. The standard InChI is InChI=1S/C20H19BrN4O3/c1-11-6-14(24-20(27)25-19(26)17(23)10-22)9-16(21)15(11)7-12-2-3-13-4-5-28-18(13)8-12/h2-3,6,8-9,17H,4-5,7,23H2,1H3,(H2,24,25,26,27). The van der Waals surface area contributed by atoms with Crippen molar-refractivity contribution in [3.05, 3.63) is 57.1 Å². The molecule has 0 bridgehead atoms. The number of imide groups is 1. The van der Waals surface area contributed by atoms with Crippen LogP contribution in [0.2, 0.25) is 0 Å². The number of ether oxygens (including phenoxy) is 1. The van der Waals surface area contributed by atoms with Gasteiger partial charge in [0.2, 0.25) is 0 Å². The first kappa shape index (κ1) is 19.9. The number of hydrogen-bond acceptors (Lipinski definition) is 5. The Morgan fingerprint density at radius 3 is 2.86 bits per heavy atom. The topological polar surface area (TPSA) is 117 Å². The lowest BCUT2D eigenvalue weighted by Crippen LogP contribution is -2.44. The van der Waals surface area contributed by atoms with Gasteiger partial charge in [-0.2, -0.15) is 5.26 Å². The molecule has 4 N–H and O–H groups in total. The second-order valence-corrected chi connectivity index (χ2v) is 7.38. The number of nitrogens with zero attached hydrogens (tertiary/aromatic N) is 1. The van der Waals surface area contributed by atoms with Crippen LogP contribution in [0, 0.1) is 18.3 Å². The second-order valence-electron chi connectivity index (χ2n) is 6.52. The van der Waals surface area contributed by atoms with Gasteiger partial charge in [0.25, 0.3) is 5.91 Å². The minimum absolute atomic E-state index is 0.515. The maximum absolute atomic E-state index is 11.9. The van der Waals surface area contributed by atoms with E-state index in [1.54, 1.807) is 12.1 Å². The molecule has 0 radical (unpaired) electrons. The Bertz CT molecular complexity index is 961. The first-order valence-electron chi connectivity index (χ1n) is 8.68. The van der Waals surface area contributed by atoms with Crippen LogP contribution in [0.5, 0.6) is 5.75 Å². The predicted octanol–water partition coefficient (Wildman–Crippen LogP) is 2.78. The molecule has 28 heavy (non-hydrogen) atoms.